The highest BCUT2D eigenvalue weighted by Crippen LogP contribution is 2.88. The lowest BCUT2D eigenvalue weighted by molar-refractivity contribution is -0.598. The summed E-state index contributed by atoms with van der Waals surface area (Å²) in [6.45, 7) is 0. The van der Waals surface area contributed by atoms with Crippen molar-refractivity contribution in [1.29, 1.82) is 0 Å². The zero-order valence-electron chi connectivity index (χ0n) is 21.9. The first-order chi connectivity index (χ1) is 21.8. The Morgan fingerprint density at radius 1 is 0.212 bits per heavy atom. The van der Waals surface area contributed by atoms with Gasteiger partial charge in [-0.3, -0.25) is 0 Å². The van der Waals surface area contributed by atoms with E-state index >= 15 is 35.1 Å². The van der Waals surface area contributed by atoms with Crippen molar-refractivity contribution in [2.24, 2.45) is 5.41 Å². The summed E-state index contributed by atoms with van der Waals surface area (Å²) in [7, 11) is 0. The molecule has 0 heterocycles. The van der Waals surface area contributed by atoms with E-state index in [1.165, 1.54) is 0 Å². The van der Waals surface area contributed by atoms with Crippen molar-refractivity contribution in [2.75, 3.05) is 0 Å². The molecule has 34 heteroatoms. The summed E-state index contributed by atoms with van der Waals surface area (Å²) >= 11 is 0. The highest BCUT2D eigenvalue weighted by molar-refractivity contribution is 5.48. The Labute approximate surface area is 257 Å². The third-order valence-corrected chi connectivity index (χ3v) is 7.96. The summed E-state index contributed by atoms with van der Waals surface area (Å²) in [5, 5.41) is 0. The molecule has 0 amide bonds. The van der Waals surface area contributed by atoms with Crippen molar-refractivity contribution in [3.63, 3.8) is 0 Å². The van der Waals surface area contributed by atoms with E-state index in [0.717, 1.165) is 0 Å². The zero-order valence-corrected chi connectivity index (χ0v) is 21.9. The summed E-state index contributed by atoms with van der Waals surface area (Å²) in [6, 6.07) is 0. The van der Waals surface area contributed by atoms with Crippen molar-refractivity contribution >= 4 is 0 Å². The Morgan fingerprint density at radius 2 is 0.404 bits per heavy atom. The third kappa shape index (κ3) is 3.64. The summed E-state index contributed by atoms with van der Waals surface area (Å²) in [4.78, 5) is 0. The van der Waals surface area contributed by atoms with Crippen LogP contribution < -0.4 is 0 Å². The lowest BCUT2D eigenvalue weighted by Crippen LogP contribution is -3.03. The fraction of sp³-hybridized carbons (Fsp3) is 1.00. The first-order valence-corrected chi connectivity index (χ1v) is 11.2. The average molecular weight is 862 g/mol. The van der Waals surface area contributed by atoms with Gasteiger partial charge in [-0.25, -0.2) is 8.78 Å². The van der Waals surface area contributed by atoms with E-state index in [1.807, 2.05) is 0 Å². The SMILES string of the molecule is FC(F)(F)C(F)(F)C(F)(F)C(F)(F)C1(C(F)(F)C(F)(F)C(F)(F)C(F)(F)F)C(F)(F)C(F)(F)C(F)(F)C2(F)C(F)(F)C(F)(F)C(F)(F)C(F)(F)C21F. The zero-order chi connectivity index (χ0) is 43.0. The number of alkyl halides is 34. The molecule has 2 unspecified atom stereocenters. The molecule has 0 nitrogen and oxygen atoms in total. The number of hydrogen-bond donors (Lipinski definition) is 0. The molecule has 0 aromatic carbocycles. The second-order valence-corrected chi connectivity index (χ2v) is 10.5. The molecule has 2 aliphatic carbocycles. The molecule has 2 saturated carbocycles. The molecule has 0 aliphatic heterocycles. The van der Waals surface area contributed by atoms with Crippen molar-refractivity contribution in [3.8, 4) is 0 Å². The van der Waals surface area contributed by atoms with Crippen molar-refractivity contribution in [2.45, 2.75) is 101 Å². The molecule has 0 radical (unpaired) electrons. The minimum atomic E-state index is -12.0. The van der Waals surface area contributed by atoms with Crippen LogP contribution in [0.15, 0.2) is 0 Å². The molecule has 0 aromatic rings. The maximum absolute atomic E-state index is 16.2. The number of rotatable bonds is 6. The van der Waals surface area contributed by atoms with Gasteiger partial charge >= 0.3 is 89.3 Å². The maximum atomic E-state index is 16.2. The predicted octanol–water partition coefficient (Wildman–Crippen LogP) is 10.8. The molecule has 0 bridgehead atoms. The quantitative estimate of drug-likeness (QED) is 0.234. The second kappa shape index (κ2) is 9.88. The summed E-state index contributed by atoms with van der Waals surface area (Å²) in [5.41, 5.74) is -34.3. The molecule has 0 spiro atoms. The normalized spacial score (nSPS) is 31.5. The average Bonchev–Trinajstić information content (AvgIpc) is 2.88. The van der Waals surface area contributed by atoms with Crippen LogP contribution in [0.25, 0.3) is 0 Å². The van der Waals surface area contributed by atoms with Gasteiger partial charge in [0, 0.05) is 0 Å². The molecule has 0 saturated heterocycles. The largest absolute Gasteiger partial charge is 0.460 e. The van der Waals surface area contributed by atoms with E-state index < -0.39 is 106 Å². The molecule has 310 valence electrons. The van der Waals surface area contributed by atoms with Crippen LogP contribution in [0.2, 0.25) is 0 Å². The molecular weight excluding hydrogens is 862 g/mol. The summed E-state index contributed by atoms with van der Waals surface area (Å²) < 4.78 is 483. The molecule has 2 aliphatic rings. The number of halogens is 34. The van der Waals surface area contributed by atoms with E-state index in [4.69, 9.17) is 0 Å². The third-order valence-electron chi connectivity index (χ3n) is 7.96. The molecule has 2 fully saturated rings. The van der Waals surface area contributed by atoms with Crippen LogP contribution in [0.3, 0.4) is 0 Å². The van der Waals surface area contributed by atoms with E-state index in [2.05, 4.69) is 0 Å². The second-order valence-electron chi connectivity index (χ2n) is 10.5. The van der Waals surface area contributed by atoms with Gasteiger partial charge in [-0.2, -0.15) is 140 Å². The fourth-order valence-corrected chi connectivity index (χ4v) is 5.28. The Bertz CT molecular complexity index is 1370. The van der Waals surface area contributed by atoms with Gasteiger partial charge in [0.2, 0.25) is 11.1 Å². The van der Waals surface area contributed by atoms with Crippen molar-refractivity contribution in [3.05, 3.63) is 0 Å². The van der Waals surface area contributed by atoms with Gasteiger partial charge in [0.1, 0.15) is 0 Å². The van der Waals surface area contributed by atoms with E-state index in [-0.39, 0.29) is 0 Å². The number of fused-ring (bicyclic) bond motifs is 1. The Hall–Kier alpha value is -2.38. The molecule has 2 atom stereocenters. The highest BCUT2D eigenvalue weighted by atomic mass is 19.4. The van der Waals surface area contributed by atoms with Gasteiger partial charge in [-0.05, 0) is 0 Å². The smallest absolute Gasteiger partial charge is 0.231 e. The van der Waals surface area contributed by atoms with Crippen molar-refractivity contribution in [1.82, 2.24) is 0 Å². The highest BCUT2D eigenvalue weighted by Gasteiger charge is 3.20. The molecule has 2 rings (SSSR count). The Balaban J connectivity index is 3.94. The van der Waals surface area contributed by atoms with Crippen LogP contribution in [0, 0.1) is 5.41 Å². The van der Waals surface area contributed by atoms with Crippen LogP contribution >= 0.6 is 0 Å². The lowest BCUT2D eigenvalue weighted by Gasteiger charge is -2.70. The predicted molar refractivity (Wildman–Crippen MR) is 86.5 cm³/mol. The lowest BCUT2D eigenvalue weighted by atomic mass is 9.41. The summed E-state index contributed by atoms with van der Waals surface area (Å²) in [6.07, 6.45) is -18.3. The van der Waals surface area contributed by atoms with Gasteiger partial charge in [-0.15, -0.1) is 0 Å². The first-order valence-electron chi connectivity index (χ1n) is 11.2. The van der Waals surface area contributed by atoms with E-state index in [9.17, 15) is 114 Å². The standard InChI is InChI=1S/C18F34/c19-2-1(5(23,24)11(35,36)15(43,44)17(47,48)49,6(25,26)12(37,38)16(45,46)18(50,51)52)4(21,22)10(33,34)8(29,30)3(2,20)9(31,32)14(41,42)13(39,40)7(2,27)28. The summed E-state index contributed by atoms with van der Waals surface area (Å²) in [5.74, 6) is -136. The molecule has 0 N–H and O–H groups in total. The fourth-order valence-electron chi connectivity index (χ4n) is 5.28. The van der Waals surface area contributed by atoms with Crippen LogP contribution in [0.4, 0.5) is 149 Å². The molecule has 52 heavy (non-hydrogen) atoms. The first kappa shape index (κ1) is 45.8. The van der Waals surface area contributed by atoms with Gasteiger partial charge < -0.3 is 0 Å². The minimum absolute atomic E-state index is 9.13. The maximum Gasteiger partial charge on any atom is 0.460 e. The Kier molecular flexibility index (Phi) is 8.70. The van der Waals surface area contributed by atoms with Crippen LogP contribution in [-0.2, 0) is 0 Å². The Morgan fingerprint density at radius 3 is 0.615 bits per heavy atom. The van der Waals surface area contributed by atoms with Gasteiger partial charge in [0.25, 0.3) is 5.67 Å². The number of hydrogen-bond acceptors (Lipinski definition) is 0. The van der Waals surface area contributed by atoms with Crippen molar-refractivity contribution < 1.29 is 149 Å². The van der Waals surface area contributed by atoms with Crippen LogP contribution in [0.1, 0.15) is 0 Å². The van der Waals surface area contributed by atoms with Crippen LogP contribution in [0.5, 0.6) is 0 Å². The van der Waals surface area contributed by atoms with Gasteiger partial charge in [0.15, 0.2) is 0 Å². The van der Waals surface area contributed by atoms with Gasteiger partial charge in [0.05, 0.1) is 0 Å². The monoisotopic (exact) mass is 862 g/mol. The molecular formula is C18F34. The topological polar surface area (TPSA) is 0 Å². The van der Waals surface area contributed by atoms with Gasteiger partial charge in [-0.1, -0.05) is 0 Å². The molecule has 0 aromatic heterocycles. The minimum Gasteiger partial charge on any atom is -0.231 e. The van der Waals surface area contributed by atoms with E-state index in [0.29, 0.717) is 0 Å². The van der Waals surface area contributed by atoms with E-state index in [1.54, 1.807) is 0 Å². The van der Waals surface area contributed by atoms with Crippen LogP contribution in [-0.4, -0.2) is 101 Å².